The molecule has 0 atom stereocenters. The van der Waals surface area contributed by atoms with Gasteiger partial charge in [0.1, 0.15) is 0 Å². The van der Waals surface area contributed by atoms with Crippen LogP contribution in [0.3, 0.4) is 0 Å². The minimum absolute atomic E-state index is 0. The number of rotatable bonds is 0. The van der Waals surface area contributed by atoms with Crippen LogP contribution in [0.15, 0.2) is 0 Å². The van der Waals surface area contributed by atoms with E-state index in [1.807, 2.05) is 0 Å². The van der Waals surface area contributed by atoms with Gasteiger partial charge in [-0.25, -0.2) is 0 Å². The molecule has 0 amide bonds. The topological polar surface area (TPSA) is 31.5 Å². The third-order valence-corrected chi connectivity index (χ3v) is 1.50. The van der Waals surface area contributed by atoms with E-state index in [9.17, 15) is 0 Å². The first-order chi connectivity index (χ1) is 3.00. The molecule has 1 saturated carbocycles. The van der Waals surface area contributed by atoms with Crippen molar-refractivity contribution >= 4 is 21.9 Å². The molecule has 0 bridgehead atoms. The average Bonchev–Trinajstić information content (AvgIpc) is 1.72. The van der Waals surface area contributed by atoms with Crippen molar-refractivity contribution in [1.82, 2.24) is 0 Å². The summed E-state index contributed by atoms with van der Waals surface area (Å²) in [6, 6.07) is 0. The van der Waals surface area contributed by atoms with E-state index < -0.39 is 0 Å². The predicted octanol–water partition coefficient (Wildman–Crippen LogP) is 1.25. The highest BCUT2D eigenvalue weighted by molar-refractivity contribution is 7.59. The van der Waals surface area contributed by atoms with E-state index in [-0.39, 0.29) is 27.4 Å². The Morgan fingerprint density at radius 2 is 0.667 bits per heavy atom. The number of hydrogen-bond acceptors (Lipinski definition) is 0. The van der Waals surface area contributed by atoms with Crippen LogP contribution in [-0.2, 0) is 0 Å². The molecule has 0 aromatic heterocycles. The molecule has 3 heteroatoms. The summed E-state index contributed by atoms with van der Waals surface area (Å²) in [5, 5.41) is 0. The van der Waals surface area contributed by atoms with Crippen LogP contribution < -0.4 is 0 Å². The molecule has 0 spiro atoms. The molecule has 1 fully saturated rings. The highest BCUT2D eigenvalue weighted by atomic mass is 32.1. The maximum atomic E-state index is 1.50. The molecule has 9 heavy (non-hydrogen) atoms. The van der Waals surface area contributed by atoms with Crippen LogP contribution in [0.2, 0.25) is 0 Å². The van der Waals surface area contributed by atoms with Crippen molar-refractivity contribution < 1.29 is 5.48 Å². The van der Waals surface area contributed by atoms with Crippen molar-refractivity contribution in [2.24, 2.45) is 0 Å². The van der Waals surface area contributed by atoms with E-state index in [4.69, 9.17) is 0 Å². The van der Waals surface area contributed by atoms with E-state index in [0.29, 0.717) is 0 Å². The van der Waals surface area contributed by atoms with Gasteiger partial charge in [0.15, 0.2) is 0 Å². The summed E-state index contributed by atoms with van der Waals surface area (Å²) < 4.78 is 0. The zero-order chi connectivity index (χ0) is 4.24. The summed E-state index contributed by atoms with van der Waals surface area (Å²) in [6.45, 7) is 0. The molecule has 2 N–H and O–H groups in total. The molecule has 1 rings (SSSR count). The molecule has 1 nitrogen and oxygen atoms in total. The molecule has 1 aliphatic carbocycles. The van der Waals surface area contributed by atoms with Crippen molar-refractivity contribution in [3.8, 4) is 0 Å². The van der Waals surface area contributed by atoms with Gasteiger partial charge in [0.2, 0.25) is 0 Å². The van der Waals surface area contributed by atoms with Gasteiger partial charge in [-0.15, -0.1) is 0 Å². The van der Waals surface area contributed by atoms with E-state index in [1.54, 1.807) is 0 Å². The quantitative estimate of drug-likeness (QED) is 0.462. The van der Waals surface area contributed by atoms with Crippen molar-refractivity contribution in [1.29, 1.82) is 0 Å². The standard InChI is InChI=1S/C6H12.B.H2O.H2S/c1-2-4-6-5-3-1;;;/h1-6H2;;2*1H2. The fraction of sp³-hybridized carbons (Fsp3) is 1.00. The van der Waals surface area contributed by atoms with Gasteiger partial charge in [-0.2, -0.15) is 13.5 Å². The molecule has 1 aliphatic rings. The van der Waals surface area contributed by atoms with Gasteiger partial charge in [0, 0.05) is 8.41 Å². The lowest BCUT2D eigenvalue weighted by Gasteiger charge is -2.05. The summed E-state index contributed by atoms with van der Waals surface area (Å²) in [4.78, 5) is 0. The van der Waals surface area contributed by atoms with Crippen molar-refractivity contribution in [3.63, 3.8) is 0 Å². The lowest BCUT2D eigenvalue weighted by molar-refractivity contribution is 0.504. The number of hydrogen-bond donors (Lipinski definition) is 0. The fourth-order valence-electron chi connectivity index (χ4n) is 1.06. The molecule has 0 aromatic rings. The molecule has 0 aliphatic heterocycles. The second-order valence-corrected chi connectivity index (χ2v) is 2.12. The minimum atomic E-state index is 0. The molecule has 0 saturated heterocycles. The monoisotopic (exact) mass is 147 g/mol. The summed E-state index contributed by atoms with van der Waals surface area (Å²) in [5.41, 5.74) is 0. The Morgan fingerprint density at radius 1 is 0.556 bits per heavy atom. The van der Waals surface area contributed by atoms with Crippen LogP contribution in [0, 0.1) is 0 Å². The van der Waals surface area contributed by atoms with Gasteiger partial charge in [0.25, 0.3) is 0 Å². The van der Waals surface area contributed by atoms with Crippen LogP contribution in [0.5, 0.6) is 0 Å². The fourth-order valence-corrected chi connectivity index (χ4v) is 1.06. The summed E-state index contributed by atoms with van der Waals surface area (Å²) in [5.74, 6) is 0. The third kappa shape index (κ3) is 8.37. The van der Waals surface area contributed by atoms with E-state index in [0.717, 1.165) is 0 Å². The third-order valence-electron chi connectivity index (χ3n) is 1.50. The molecular formula is C6H16BOS. The lowest BCUT2D eigenvalue weighted by Crippen LogP contribution is -1.85. The first-order valence-corrected chi connectivity index (χ1v) is 3.00. The first kappa shape index (κ1) is 16.2. The van der Waals surface area contributed by atoms with Crippen LogP contribution >= 0.6 is 13.5 Å². The first-order valence-electron chi connectivity index (χ1n) is 3.00. The van der Waals surface area contributed by atoms with Gasteiger partial charge >= 0.3 is 0 Å². The Kier molecular flexibility index (Phi) is 20.2. The molecule has 0 aromatic carbocycles. The maximum absolute atomic E-state index is 1.50. The van der Waals surface area contributed by atoms with Gasteiger partial charge in [-0.05, 0) is 0 Å². The summed E-state index contributed by atoms with van der Waals surface area (Å²) >= 11 is 0. The largest absolute Gasteiger partial charge is 0.412 e. The smallest absolute Gasteiger partial charge is 0 e. The van der Waals surface area contributed by atoms with Gasteiger partial charge in [-0.1, -0.05) is 38.5 Å². The zero-order valence-corrected chi connectivity index (χ0v) is 6.82. The Balaban J connectivity index is -0.000000120. The Labute approximate surface area is 66.6 Å². The molecule has 0 heterocycles. The Morgan fingerprint density at radius 3 is 0.778 bits per heavy atom. The highest BCUT2D eigenvalue weighted by Crippen LogP contribution is 2.15. The maximum Gasteiger partial charge on any atom is 0 e. The van der Waals surface area contributed by atoms with Gasteiger partial charge < -0.3 is 5.48 Å². The molecular weight excluding hydrogens is 131 g/mol. The van der Waals surface area contributed by atoms with Crippen LogP contribution in [-0.4, -0.2) is 13.9 Å². The van der Waals surface area contributed by atoms with Crippen LogP contribution in [0.25, 0.3) is 0 Å². The normalized spacial score (nSPS) is 16.0. The van der Waals surface area contributed by atoms with Gasteiger partial charge in [-0.3, -0.25) is 0 Å². The van der Waals surface area contributed by atoms with E-state index in [2.05, 4.69) is 0 Å². The van der Waals surface area contributed by atoms with Crippen LogP contribution in [0.1, 0.15) is 38.5 Å². The molecule has 55 valence electrons. The SMILES string of the molecule is C1CCCCC1.O.S.[B]. The molecule has 3 radical (unpaired) electrons. The zero-order valence-electron chi connectivity index (χ0n) is 5.82. The average molecular weight is 147 g/mol. The predicted molar refractivity (Wildman–Crippen MR) is 47.5 cm³/mol. The lowest BCUT2D eigenvalue weighted by atomic mass is 10.0. The van der Waals surface area contributed by atoms with Crippen molar-refractivity contribution in [3.05, 3.63) is 0 Å². The summed E-state index contributed by atoms with van der Waals surface area (Å²) in [7, 11) is 0. The summed E-state index contributed by atoms with van der Waals surface area (Å²) in [6.07, 6.45) is 9.00. The second kappa shape index (κ2) is 11.2. The second-order valence-electron chi connectivity index (χ2n) is 2.12. The van der Waals surface area contributed by atoms with E-state index in [1.165, 1.54) is 38.5 Å². The highest BCUT2D eigenvalue weighted by Gasteiger charge is 1.95. The Hall–Kier alpha value is 0.375. The van der Waals surface area contributed by atoms with Crippen LogP contribution in [0.4, 0.5) is 0 Å². The van der Waals surface area contributed by atoms with Gasteiger partial charge in [0.05, 0.1) is 0 Å². The van der Waals surface area contributed by atoms with Crippen molar-refractivity contribution in [2.75, 3.05) is 0 Å². The van der Waals surface area contributed by atoms with E-state index >= 15 is 0 Å². The van der Waals surface area contributed by atoms with Crippen molar-refractivity contribution in [2.45, 2.75) is 38.5 Å². The minimum Gasteiger partial charge on any atom is -0.412 e. The molecule has 0 unspecified atom stereocenters. The Bertz CT molecular complexity index is 28.5.